The summed E-state index contributed by atoms with van der Waals surface area (Å²) >= 11 is 0. The number of nitrogens with zero attached hydrogens (tertiary/aromatic N) is 5. The van der Waals surface area contributed by atoms with Crippen LogP contribution in [0.1, 0.15) is 18.5 Å². The third-order valence-electron chi connectivity index (χ3n) is 7.07. The fourth-order valence-electron chi connectivity index (χ4n) is 4.68. The maximum atomic E-state index is 13.3. The molecule has 1 aromatic carbocycles. The number of carbonyl (C=O) groups is 1. The number of fused-ring (bicyclic) bond motifs is 1. The molecule has 232 valence electrons. The van der Waals surface area contributed by atoms with Gasteiger partial charge in [-0.1, -0.05) is 12.1 Å². The van der Waals surface area contributed by atoms with Crippen LogP contribution in [0.5, 0.6) is 0 Å². The molecule has 0 radical (unpaired) electrons. The highest BCUT2D eigenvalue weighted by atomic mass is 32.2. The van der Waals surface area contributed by atoms with E-state index >= 15 is 0 Å². The van der Waals surface area contributed by atoms with Crippen molar-refractivity contribution in [1.29, 1.82) is 0 Å². The van der Waals surface area contributed by atoms with Crippen LogP contribution in [0, 0.1) is 0 Å². The highest BCUT2D eigenvalue weighted by Gasteiger charge is 2.50. The van der Waals surface area contributed by atoms with E-state index < -0.39 is 33.1 Å². The topological polar surface area (TPSA) is 93.0 Å². The molecule has 2 heterocycles. The van der Waals surface area contributed by atoms with E-state index in [-0.39, 0.29) is 16.3 Å². The SMILES string of the molecule is CC(NOCCN(C)CCS(C)(=O)=O)c1ccn2c(-c3cccc([N+](C)(C)C(=O)[N+](C)(C)CC(F)(F)F)c3)cnc2c1. The van der Waals surface area contributed by atoms with Gasteiger partial charge in [0.15, 0.2) is 6.54 Å². The van der Waals surface area contributed by atoms with Crippen molar-refractivity contribution in [1.82, 2.24) is 24.2 Å². The average Bonchev–Trinajstić information content (AvgIpc) is 3.31. The summed E-state index contributed by atoms with van der Waals surface area (Å²) in [6.07, 6.45) is 0.329. The number of imidazole rings is 1. The Morgan fingerprint density at radius 2 is 1.83 bits per heavy atom. The number of urea groups is 1. The summed E-state index contributed by atoms with van der Waals surface area (Å²) in [5.74, 6) is 0.0956. The summed E-state index contributed by atoms with van der Waals surface area (Å²) in [5.41, 5.74) is 6.71. The van der Waals surface area contributed by atoms with Crippen LogP contribution in [0.4, 0.5) is 23.7 Å². The number of benzene rings is 1. The third kappa shape index (κ3) is 8.82. The number of rotatable bonds is 12. The lowest BCUT2D eigenvalue weighted by Gasteiger charge is -2.34. The number of nitrogens with one attached hydrogen (secondary N) is 1. The van der Waals surface area contributed by atoms with Crippen molar-refractivity contribution in [3.63, 3.8) is 0 Å². The van der Waals surface area contributed by atoms with E-state index in [2.05, 4.69) is 10.5 Å². The van der Waals surface area contributed by atoms with Gasteiger partial charge in [-0.3, -0.25) is 9.24 Å². The van der Waals surface area contributed by atoms with Crippen molar-refractivity contribution in [3.05, 3.63) is 54.4 Å². The summed E-state index contributed by atoms with van der Waals surface area (Å²) in [6, 6.07) is 10.3. The van der Waals surface area contributed by atoms with Crippen LogP contribution in [0.25, 0.3) is 16.9 Å². The molecule has 0 saturated carbocycles. The molecular formula is C28H41F3N6O4S+2. The van der Waals surface area contributed by atoms with Gasteiger partial charge >= 0.3 is 12.2 Å². The van der Waals surface area contributed by atoms with Crippen LogP contribution in [-0.2, 0) is 14.7 Å². The Bertz CT molecular complexity index is 1500. The zero-order chi connectivity index (χ0) is 31.5. The van der Waals surface area contributed by atoms with E-state index in [9.17, 15) is 26.4 Å². The zero-order valence-electron chi connectivity index (χ0n) is 25.1. The molecule has 0 aliphatic heterocycles. The van der Waals surface area contributed by atoms with E-state index in [0.29, 0.717) is 31.0 Å². The molecule has 0 spiro atoms. The summed E-state index contributed by atoms with van der Waals surface area (Å²) in [7, 11) is 4.53. The van der Waals surface area contributed by atoms with Crippen molar-refractivity contribution in [2.75, 3.05) is 73.5 Å². The van der Waals surface area contributed by atoms with Gasteiger partial charge in [-0.05, 0) is 37.7 Å². The Morgan fingerprint density at radius 1 is 1.14 bits per heavy atom. The Hall–Kier alpha value is -2.88. The summed E-state index contributed by atoms with van der Waals surface area (Å²) in [5, 5.41) is 0. The number of alkyl halides is 3. The van der Waals surface area contributed by atoms with Crippen molar-refractivity contribution < 1.29 is 35.7 Å². The van der Waals surface area contributed by atoms with Crippen molar-refractivity contribution >= 4 is 27.2 Å². The normalized spacial score (nSPS) is 14.1. The first kappa shape index (κ1) is 33.6. The van der Waals surface area contributed by atoms with Crippen molar-refractivity contribution in [2.45, 2.75) is 19.1 Å². The first-order chi connectivity index (χ1) is 19.3. The Kier molecular flexibility index (Phi) is 10.2. The molecule has 2 amide bonds. The molecule has 14 heteroatoms. The third-order valence-corrected chi connectivity index (χ3v) is 8.00. The molecule has 42 heavy (non-hydrogen) atoms. The minimum atomic E-state index is -4.48. The van der Waals surface area contributed by atoms with Gasteiger partial charge in [0, 0.05) is 37.2 Å². The van der Waals surface area contributed by atoms with E-state index in [1.807, 2.05) is 47.7 Å². The van der Waals surface area contributed by atoms with Crippen LogP contribution >= 0.6 is 0 Å². The van der Waals surface area contributed by atoms with Gasteiger partial charge in [0.1, 0.15) is 21.2 Å². The molecule has 0 saturated heterocycles. The zero-order valence-corrected chi connectivity index (χ0v) is 26.0. The number of aromatic nitrogens is 2. The summed E-state index contributed by atoms with van der Waals surface area (Å²) in [4.78, 5) is 25.3. The smallest absolute Gasteiger partial charge is 0.303 e. The van der Waals surface area contributed by atoms with Crippen LogP contribution in [0.2, 0.25) is 0 Å². The molecule has 0 aliphatic carbocycles. The molecular weight excluding hydrogens is 573 g/mol. The number of halogens is 3. The number of hydroxylamine groups is 1. The van der Waals surface area contributed by atoms with Gasteiger partial charge in [0.2, 0.25) is 0 Å². The fraction of sp³-hybridized carbons (Fsp3) is 0.500. The molecule has 0 aliphatic rings. The number of quaternary nitrogens is 2. The minimum Gasteiger partial charge on any atom is -0.303 e. The number of hydrogen-bond donors (Lipinski definition) is 1. The van der Waals surface area contributed by atoms with Crippen LogP contribution < -0.4 is 9.96 Å². The molecule has 0 fully saturated rings. The molecule has 1 unspecified atom stereocenters. The summed E-state index contributed by atoms with van der Waals surface area (Å²) in [6.45, 7) is 2.06. The second-order valence-electron chi connectivity index (χ2n) is 11.7. The molecule has 3 rings (SSSR count). The first-order valence-corrected chi connectivity index (χ1v) is 15.5. The lowest BCUT2D eigenvalue weighted by Crippen LogP contribution is -2.63. The molecule has 0 bridgehead atoms. The Labute approximate surface area is 245 Å². The summed E-state index contributed by atoms with van der Waals surface area (Å²) < 4.78 is 62.7. The van der Waals surface area contributed by atoms with E-state index in [4.69, 9.17) is 4.84 Å². The second kappa shape index (κ2) is 12.8. The second-order valence-corrected chi connectivity index (χ2v) is 14.0. The highest BCUT2D eigenvalue weighted by Crippen LogP contribution is 2.31. The number of pyridine rings is 1. The van der Waals surface area contributed by atoms with Gasteiger partial charge in [-0.15, -0.1) is 0 Å². The standard InChI is InChI=1S/C28H41F3N6O4S/c1-21(33-41-15-13-34(2)14-16-42(7,39)40)22-11-12-35-25(19-32-26(35)18-22)23-9-8-10-24(17-23)37(5,6)27(38)36(3,4)20-28(29,30)31/h8-12,17-19,21,33H,13-16,20H2,1-7H3/q+2. The fourth-order valence-corrected chi connectivity index (χ4v) is 5.33. The Morgan fingerprint density at radius 3 is 2.48 bits per heavy atom. The van der Waals surface area contributed by atoms with Crippen molar-refractivity contribution in [2.24, 2.45) is 0 Å². The maximum absolute atomic E-state index is 13.3. The van der Waals surface area contributed by atoms with Crippen LogP contribution in [0.3, 0.4) is 0 Å². The lowest BCUT2D eigenvalue weighted by molar-refractivity contribution is -0.824. The number of hydrogen-bond acceptors (Lipinski definition) is 7. The molecule has 3 aromatic rings. The largest absolute Gasteiger partial charge is 0.518 e. The highest BCUT2D eigenvalue weighted by molar-refractivity contribution is 7.90. The number of carbonyl (C=O) groups excluding carboxylic acids is 1. The van der Waals surface area contributed by atoms with Gasteiger partial charge in [0.25, 0.3) is 0 Å². The number of sulfone groups is 1. The minimum absolute atomic E-state index is 0.0956. The van der Waals surface area contributed by atoms with E-state index in [0.717, 1.165) is 16.8 Å². The van der Waals surface area contributed by atoms with Crippen LogP contribution in [0.15, 0.2) is 48.8 Å². The van der Waals surface area contributed by atoms with Gasteiger partial charge in [-0.25, -0.2) is 17.9 Å². The maximum Gasteiger partial charge on any atom is 0.518 e. The lowest BCUT2D eigenvalue weighted by atomic mass is 10.1. The molecule has 1 N–H and O–H groups in total. The van der Waals surface area contributed by atoms with Crippen LogP contribution in [-0.4, -0.2) is 113 Å². The van der Waals surface area contributed by atoms with Crippen molar-refractivity contribution in [3.8, 4) is 11.3 Å². The number of likely N-dealkylation sites (N-methyl/N-ethyl adjacent to an activating group) is 1. The van der Waals surface area contributed by atoms with Gasteiger partial charge in [-0.2, -0.15) is 27.9 Å². The van der Waals surface area contributed by atoms with Gasteiger partial charge < -0.3 is 4.90 Å². The van der Waals surface area contributed by atoms with E-state index in [1.165, 1.54) is 20.4 Å². The first-order valence-electron chi connectivity index (χ1n) is 13.4. The predicted octanol–water partition coefficient (Wildman–Crippen LogP) is 3.89. The predicted molar refractivity (Wildman–Crippen MR) is 157 cm³/mol. The number of amides is 2. The molecule has 10 nitrogen and oxygen atoms in total. The molecule has 1 atom stereocenters. The average molecular weight is 615 g/mol. The monoisotopic (exact) mass is 614 g/mol. The van der Waals surface area contributed by atoms with Gasteiger partial charge in [0.05, 0.1) is 58.5 Å². The quantitative estimate of drug-likeness (QED) is 0.188. The van der Waals surface area contributed by atoms with E-state index in [1.54, 1.807) is 38.5 Å². The Balaban J connectivity index is 1.71. The molecule has 2 aromatic heterocycles.